The molecule has 1 heterocycles. The lowest BCUT2D eigenvalue weighted by molar-refractivity contribution is 0.256. The molecule has 0 aliphatic carbocycles. The summed E-state index contributed by atoms with van der Waals surface area (Å²) in [6.45, 7) is 0.533. The summed E-state index contributed by atoms with van der Waals surface area (Å²) in [5, 5.41) is 3.54. The first kappa shape index (κ1) is 11.1. The van der Waals surface area contributed by atoms with Crippen molar-refractivity contribution in [1.82, 2.24) is 0 Å². The second-order valence-electron chi connectivity index (χ2n) is 4.15. The lowest BCUT2D eigenvalue weighted by Crippen LogP contribution is -2.38. The number of fused-ring (bicyclic) bond motifs is 1. The van der Waals surface area contributed by atoms with Crippen molar-refractivity contribution in [3.63, 3.8) is 0 Å². The second kappa shape index (κ2) is 4.35. The average Bonchev–Trinajstić information content (AvgIpc) is 2.39. The maximum Gasteiger partial charge on any atom is 0.326 e. The van der Waals surface area contributed by atoms with E-state index in [1.807, 2.05) is 42.5 Å². The summed E-state index contributed by atoms with van der Waals surface area (Å²) < 4.78 is 0. The molecule has 0 fully saturated rings. The maximum atomic E-state index is 12.0. The van der Waals surface area contributed by atoms with Crippen LogP contribution in [0.1, 0.15) is 5.56 Å². The maximum absolute atomic E-state index is 12.0. The highest BCUT2D eigenvalue weighted by Crippen LogP contribution is 2.29. The molecule has 90 valence electrons. The fourth-order valence-corrected chi connectivity index (χ4v) is 2.25. The summed E-state index contributed by atoms with van der Waals surface area (Å²) in [6, 6.07) is 15.0. The molecular weight excluding hydrogens is 248 g/mol. The van der Waals surface area contributed by atoms with Gasteiger partial charge in [-0.05, 0) is 35.9 Å². The Labute approximate surface area is 110 Å². The van der Waals surface area contributed by atoms with Gasteiger partial charge in [0.2, 0.25) is 0 Å². The molecule has 3 nitrogen and oxygen atoms in total. The number of hydrogen-bond acceptors (Lipinski definition) is 1. The zero-order valence-electron chi connectivity index (χ0n) is 9.56. The number of hydrogen-bond donors (Lipinski definition) is 1. The minimum Gasteiger partial charge on any atom is -0.307 e. The van der Waals surface area contributed by atoms with Gasteiger partial charge in [-0.1, -0.05) is 29.8 Å². The smallest absolute Gasteiger partial charge is 0.307 e. The molecule has 0 aromatic heterocycles. The molecule has 1 N–H and O–H groups in total. The van der Waals surface area contributed by atoms with E-state index in [9.17, 15) is 4.79 Å². The van der Waals surface area contributed by atoms with E-state index in [1.54, 1.807) is 11.0 Å². The minimum absolute atomic E-state index is 0.115. The number of carbonyl (C=O) groups is 1. The van der Waals surface area contributed by atoms with Crippen molar-refractivity contribution < 1.29 is 4.79 Å². The van der Waals surface area contributed by atoms with Gasteiger partial charge in [0.25, 0.3) is 0 Å². The van der Waals surface area contributed by atoms with Crippen LogP contribution in [-0.2, 0) is 6.54 Å². The van der Waals surface area contributed by atoms with Crippen LogP contribution < -0.4 is 10.2 Å². The Morgan fingerprint density at radius 3 is 2.67 bits per heavy atom. The SMILES string of the molecule is O=C1Nc2ccc(Cl)cc2CN1c1ccccc1. The molecule has 0 saturated heterocycles. The van der Waals surface area contributed by atoms with E-state index >= 15 is 0 Å². The molecule has 1 aliphatic heterocycles. The number of carbonyl (C=O) groups excluding carboxylic acids is 1. The van der Waals surface area contributed by atoms with Gasteiger partial charge in [0.05, 0.1) is 6.54 Å². The number of anilines is 2. The van der Waals surface area contributed by atoms with E-state index in [0.29, 0.717) is 11.6 Å². The van der Waals surface area contributed by atoms with Crippen molar-refractivity contribution in [2.45, 2.75) is 6.54 Å². The van der Waals surface area contributed by atoms with Gasteiger partial charge < -0.3 is 5.32 Å². The van der Waals surface area contributed by atoms with E-state index in [-0.39, 0.29) is 6.03 Å². The predicted molar refractivity (Wildman–Crippen MR) is 73.1 cm³/mol. The zero-order valence-corrected chi connectivity index (χ0v) is 10.3. The number of halogens is 1. The lowest BCUT2D eigenvalue weighted by atomic mass is 10.1. The van der Waals surface area contributed by atoms with Crippen LogP contribution in [0.3, 0.4) is 0 Å². The van der Waals surface area contributed by atoms with Crippen LogP contribution in [0.4, 0.5) is 16.2 Å². The van der Waals surface area contributed by atoms with Crippen molar-refractivity contribution in [2.75, 3.05) is 10.2 Å². The average molecular weight is 259 g/mol. The molecular formula is C14H11ClN2O. The second-order valence-corrected chi connectivity index (χ2v) is 4.59. The van der Waals surface area contributed by atoms with E-state index in [0.717, 1.165) is 16.9 Å². The first-order valence-electron chi connectivity index (χ1n) is 5.66. The van der Waals surface area contributed by atoms with Crippen LogP contribution in [0.2, 0.25) is 5.02 Å². The van der Waals surface area contributed by atoms with Gasteiger partial charge in [-0.2, -0.15) is 0 Å². The quantitative estimate of drug-likeness (QED) is 0.827. The van der Waals surface area contributed by atoms with E-state index in [1.165, 1.54) is 0 Å². The van der Waals surface area contributed by atoms with Crippen LogP contribution >= 0.6 is 11.6 Å². The van der Waals surface area contributed by atoms with Gasteiger partial charge in [0.15, 0.2) is 0 Å². The van der Waals surface area contributed by atoms with Gasteiger partial charge >= 0.3 is 6.03 Å². The molecule has 0 unspecified atom stereocenters. The predicted octanol–water partition coefficient (Wildman–Crippen LogP) is 3.89. The monoisotopic (exact) mass is 258 g/mol. The number of rotatable bonds is 1. The molecule has 3 rings (SSSR count). The third-order valence-electron chi connectivity index (χ3n) is 2.95. The fourth-order valence-electron chi connectivity index (χ4n) is 2.06. The summed E-state index contributed by atoms with van der Waals surface area (Å²) in [6.07, 6.45) is 0. The van der Waals surface area contributed by atoms with Crippen LogP contribution in [0.25, 0.3) is 0 Å². The number of amides is 2. The molecule has 18 heavy (non-hydrogen) atoms. The molecule has 1 aliphatic rings. The van der Waals surface area contributed by atoms with Crippen molar-refractivity contribution >= 4 is 29.0 Å². The fraction of sp³-hybridized carbons (Fsp3) is 0.0714. The highest BCUT2D eigenvalue weighted by molar-refractivity contribution is 6.30. The normalized spacial score (nSPS) is 14.1. The number of nitrogens with zero attached hydrogens (tertiary/aromatic N) is 1. The number of urea groups is 1. The Balaban J connectivity index is 1.99. The largest absolute Gasteiger partial charge is 0.326 e. The van der Waals surface area contributed by atoms with E-state index in [4.69, 9.17) is 11.6 Å². The number of benzene rings is 2. The van der Waals surface area contributed by atoms with Crippen LogP contribution in [0.5, 0.6) is 0 Å². The molecule has 0 bridgehead atoms. The molecule has 4 heteroatoms. The van der Waals surface area contributed by atoms with Gasteiger partial charge in [0, 0.05) is 16.4 Å². The van der Waals surface area contributed by atoms with Crippen LogP contribution in [0.15, 0.2) is 48.5 Å². The van der Waals surface area contributed by atoms with Crippen molar-refractivity contribution in [3.05, 3.63) is 59.1 Å². The zero-order chi connectivity index (χ0) is 12.5. The Bertz CT molecular complexity index is 598. The topological polar surface area (TPSA) is 32.3 Å². The molecule has 2 aromatic carbocycles. The highest BCUT2D eigenvalue weighted by Gasteiger charge is 2.23. The molecule has 0 atom stereocenters. The van der Waals surface area contributed by atoms with Crippen LogP contribution in [-0.4, -0.2) is 6.03 Å². The Hall–Kier alpha value is -2.00. The van der Waals surface area contributed by atoms with Gasteiger partial charge in [-0.3, -0.25) is 4.90 Å². The van der Waals surface area contributed by atoms with Crippen molar-refractivity contribution in [2.24, 2.45) is 0 Å². The summed E-state index contributed by atoms with van der Waals surface area (Å²) in [4.78, 5) is 13.7. The van der Waals surface area contributed by atoms with Gasteiger partial charge in [-0.15, -0.1) is 0 Å². The third-order valence-corrected chi connectivity index (χ3v) is 3.19. The lowest BCUT2D eigenvalue weighted by Gasteiger charge is -2.29. The Kier molecular flexibility index (Phi) is 2.68. The Morgan fingerprint density at radius 2 is 1.89 bits per heavy atom. The summed E-state index contributed by atoms with van der Waals surface area (Å²) in [7, 11) is 0. The van der Waals surface area contributed by atoms with Crippen LogP contribution in [0, 0.1) is 0 Å². The molecule has 0 saturated carbocycles. The highest BCUT2D eigenvalue weighted by atomic mass is 35.5. The first-order chi connectivity index (χ1) is 8.74. The first-order valence-corrected chi connectivity index (χ1v) is 6.04. The third kappa shape index (κ3) is 1.93. The minimum atomic E-state index is -0.115. The number of para-hydroxylation sites is 1. The molecule has 2 amide bonds. The number of nitrogens with one attached hydrogen (secondary N) is 1. The van der Waals surface area contributed by atoms with Crippen molar-refractivity contribution in [3.8, 4) is 0 Å². The molecule has 0 radical (unpaired) electrons. The summed E-state index contributed by atoms with van der Waals surface area (Å²) in [5.74, 6) is 0. The van der Waals surface area contributed by atoms with Gasteiger partial charge in [0.1, 0.15) is 0 Å². The van der Waals surface area contributed by atoms with E-state index < -0.39 is 0 Å². The molecule has 2 aromatic rings. The van der Waals surface area contributed by atoms with E-state index in [2.05, 4.69) is 5.32 Å². The Morgan fingerprint density at radius 1 is 1.11 bits per heavy atom. The summed E-state index contributed by atoms with van der Waals surface area (Å²) >= 11 is 5.98. The molecule has 0 spiro atoms. The standard InChI is InChI=1S/C14H11ClN2O/c15-11-6-7-13-10(8-11)9-17(14(18)16-13)12-4-2-1-3-5-12/h1-8H,9H2,(H,16,18). The van der Waals surface area contributed by atoms with Gasteiger partial charge in [-0.25, -0.2) is 4.79 Å². The summed E-state index contributed by atoms with van der Waals surface area (Å²) in [5.41, 5.74) is 2.73. The van der Waals surface area contributed by atoms with Crippen molar-refractivity contribution in [1.29, 1.82) is 0 Å².